The second kappa shape index (κ2) is 11.1. The molecule has 178 valence electrons. The lowest BCUT2D eigenvalue weighted by atomic mass is 10.1. The smallest absolute Gasteiger partial charge is 0.321 e. The molecule has 0 aromatic heterocycles. The number of amides is 1. The number of rotatable bonds is 10. The van der Waals surface area contributed by atoms with Crippen LogP contribution in [0.15, 0.2) is 77.7 Å². The number of nitrogens with one attached hydrogen (secondary N) is 2. The topological polar surface area (TPSA) is 133 Å². The molecule has 3 aromatic carbocycles. The number of sulfonamides is 1. The van der Waals surface area contributed by atoms with Crippen LogP contribution in [-0.2, 0) is 14.8 Å². The van der Waals surface area contributed by atoms with Crippen molar-refractivity contribution in [1.82, 2.24) is 10.0 Å². The second-order valence-corrected chi connectivity index (χ2v) is 9.64. The SMILES string of the molecule is O=C(NCCCC(NS(=O)(=O)c1ccc(-c2ccc(Cl)cc2)cc1)C(=O)O)c1ccc(O)cc1. The van der Waals surface area contributed by atoms with Crippen molar-refractivity contribution < 1.29 is 28.2 Å². The standard InChI is InChI=1S/C24H23ClN2O6S/c25-19-9-3-16(4-10-19)17-7-13-21(14-8-17)34(32,33)27-22(24(30)31)2-1-15-26-23(29)18-5-11-20(28)12-6-18/h3-14,22,27-28H,1-2,15H2,(H,26,29)(H,30,31). The molecule has 3 rings (SSSR count). The van der Waals surface area contributed by atoms with Crippen molar-refractivity contribution in [2.45, 2.75) is 23.8 Å². The largest absolute Gasteiger partial charge is 0.508 e. The molecule has 1 amide bonds. The van der Waals surface area contributed by atoms with Gasteiger partial charge in [-0.1, -0.05) is 35.9 Å². The summed E-state index contributed by atoms with van der Waals surface area (Å²) in [6.45, 7) is 0.154. The summed E-state index contributed by atoms with van der Waals surface area (Å²) >= 11 is 5.89. The zero-order valence-electron chi connectivity index (χ0n) is 17.9. The lowest BCUT2D eigenvalue weighted by Gasteiger charge is -2.15. The van der Waals surface area contributed by atoms with Crippen LogP contribution in [0.2, 0.25) is 5.02 Å². The number of hydrogen-bond donors (Lipinski definition) is 4. The van der Waals surface area contributed by atoms with Gasteiger partial charge in [0.25, 0.3) is 5.91 Å². The number of carbonyl (C=O) groups excluding carboxylic acids is 1. The number of phenolic OH excluding ortho intramolecular Hbond substituents is 1. The number of hydrogen-bond acceptors (Lipinski definition) is 5. The fourth-order valence-electron chi connectivity index (χ4n) is 3.18. The summed E-state index contributed by atoms with van der Waals surface area (Å²) in [5.41, 5.74) is 1.99. The van der Waals surface area contributed by atoms with Gasteiger partial charge in [-0.15, -0.1) is 0 Å². The van der Waals surface area contributed by atoms with Gasteiger partial charge in [-0.25, -0.2) is 8.42 Å². The van der Waals surface area contributed by atoms with Crippen LogP contribution >= 0.6 is 11.6 Å². The van der Waals surface area contributed by atoms with E-state index in [4.69, 9.17) is 11.6 Å². The molecule has 1 unspecified atom stereocenters. The lowest BCUT2D eigenvalue weighted by Crippen LogP contribution is -2.41. The molecule has 0 fully saturated rings. The van der Waals surface area contributed by atoms with Gasteiger partial charge in [-0.3, -0.25) is 9.59 Å². The number of aliphatic carboxylic acids is 1. The maximum Gasteiger partial charge on any atom is 0.321 e. The van der Waals surface area contributed by atoms with E-state index >= 15 is 0 Å². The first-order valence-electron chi connectivity index (χ1n) is 10.3. The molecule has 3 aromatic rings. The molecule has 0 aliphatic rings. The van der Waals surface area contributed by atoms with E-state index in [1.165, 1.54) is 36.4 Å². The van der Waals surface area contributed by atoms with Crippen molar-refractivity contribution in [1.29, 1.82) is 0 Å². The zero-order chi connectivity index (χ0) is 24.7. The molecule has 0 bridgehead atoms. The first-order valence-corrected chi connectivity index (χ1v) is 12.2. The third-order valence-corrected chi connectivity index (χ3v) is 6.76. The molecule has 0 saturated heterocycles. The fraction of sp³-hybridized carbons (Fsp3) is 0.167. The van der Waals surface area contributed by atoms with Gasteiger partial charge in [0.15, 0.2) is 0 Å². The minimum atomic E-state index is -4.07. The molecule has 0 radical (unpaired) electrons. The van der Waals surface area contributed by atoms with Crippen molar-refractivity contribution in [3.05, 3.63) is 83.4 Å². The molecule has 0 aliphatic heterocycles. The van der Waals surface area contributed by atoms with Crippen LogP contribution in [0.5, 0.6) is 5.75 Å². The molecule has 0 saturated carbocycles. The van der Waals surface area contributed by atoms with Crippen molar-refractivity contribution in [3.63, 3.8) is 0 Å². The van der Waals surface area contributed by atoms with Crippen molar-refractivity contribution >= 4 is 33.5 Å². The summed E-state index contributed by atoms with van der Waals surface area (Å²) in [6, 6.07) is 17.5. The van der Waals surface area contributed by atoms with E-state index < -0.39 is 22.0 Å². The molecule has 0 aliphatic carbocycles. The Labute approximate surface area is 202 Å². The minimum absolute atomic E-state index is 0.0206. The number of phenols is 1. The van der Waals surface area contributed by atoms with E-state index in [9.17, 15) is 28.2 Å². The maximum atomic E-state index is 12.7. The lowest BCUT2D eigenvalue weighted by molar-refractivity contribution is -0.139. The van der Waals surface area contributed by atoms with Crippen molar-refractivity contribution in [3.8, 4) is 16.9 Å². The average molecular weight is 503 g/mol. The first kappa shape index (κ1) is 25.2. The average Bonchev–Trinajstić information content (AvgIpc) is 2.81. The van der Waals surface area contributed by atoms with Gasteiger partial charge in [0.1, 0.15) is 11.8 Å². The zero-order valence-corrected chi connectivity index (χ0v) is 19.5. The van der Waals surface area contributed by atoms with E-state index in [1.807, 2.05) is 12.1 Å². The monoisotopic (exact) mass is 502 g/mol. The highest BCUT2D eigenvalue weighted by atomic mass is 35.5. The van der Waals surface area contributed by atoms with E-state index in [0.717, 1.165) is 11.1 Å². The van der Waals surface area contributed by atoms with E-state index in [1.54, 1.807) is 24.3 Å². The molecule has 10 heteroatoms. The number of carboxylic acid groups (broad SMARTS) is 1. The van der Waals surface area contributed by atoms with Gasteiger partial charge < -0.3 is 15.5 Å². The van der Waals surface area contributed by atoms with Crippen LogP contribution in [0.4, 0.5) is 0 Å². The Bertz CT molecular complexity index is 1240. The van der Waals surface area contributed by atoms with Gasteiger partial charge in [-0.05, 0) is 72.5 Å². The summed E-state index contributed by atoms with van der Waals surface area (Å²) in [4.78, 5) is 23.6. The maximum absolute atomic E-state index is 12.7. The van der Waals surface area contributed by atoms with Crippen molar-refractivity contribution in [2.75, 3.05) is 6.54 Å². The summed E-state index contributed by atoms with van der Waals surface area (Å²) < 4.78 is 27.6. The van der Waals surface area contributed by atoms with E-state index in [-0.39, 0.29) is 35.9 Å². The summed E-state index contributed by atoms with van der Waals surface area (Å²) in [7, 11) is -4.07. The number of halogens is 1. The highest BCUT2D eigenvalue weighted by Crippen LogP contribution is 2.23. The Kier molecular flexibility index (Phi) is 8.27. The summed E-state index contributed by atoms with van der Waals surface area (Å²) in [5.74, 6) is -1.66. The Morgan fingerprint density at radius 1 is 0.882 bits per heavy atom. The molecule has 34 heavy (non-hydrogen) atoms. The van der Waals surface area contributed by atoms with Crippen LogP contribution in [0.1, 0.15) is 23.2 Å². The van der Waals surface area contributed by atoms with Crippen LogP contribution < -0.4 is 10.0 Å². The van der Waals surface area contributed by atoms with Crippen LogP contribution in [0.3, 0.4) is 0 Å². The van der Waals surface area contributed by atoms with Gasteiger partial charge in [0.05, 0.1) is 4.90 Å². The van der Waals surface area contributed by atoms with Gasteiger partial charge >= 0.3 is 5.97 Å². The van der Waals surface area contributed by atoms with Gasteiger partial charge in [0, 0.05) is 17.1 Å². The molecular formula is C24H23ClN2O6S. The Hall–Kier alpha value is -3.40. The number of carbonyl (C=O) groups is 2. The number of benzene rings is 3. The third kappa shape index (κ3) is 6.80. The second-order valence-electron chi connectivity index (χ2n) is 7.49. The van der Waals surface area contributed by atoms with Gasteiger partial charge in [0.2, 0.25) is 10.0 Å². The molecular weight excluding hydrogens is 480 g/mol. The van der Waals surface area contributed by atoms with E-state index in [0.29, 0.717) is 10.6 Å². The number of aromatic hydroxyl groups is 1. The third-order valence-electron chi connectivity index (χ3n) is 5.02. The highest BCUT2D eigenvalue weighted by Gasteiger charge is 2.25. The molecule has 0 spiro atoms. The predicted octanol–water partition coefficient (Wildman–Crippen LogP) is 3.65. The van der Waals surface area contributed by atoms with Gasteiger partial charge in [-0.2, -0.15) is 4.72 Å². The Balaban J connectivity index is 1.57. The first-order chi connectivity index (χ1) is 16.2. The summed E-state index contributed by atoms with van der Waals surface area (Å²) in [6.07, 6.45) is 0.214. The quantitative estimate of drug-likeness (QED) is 0.313. The molecule has 4 N–H and O–H groups in total. The minimum Gasteiger partial charge on any atom is -0.508 e. The van der Waals surface area contributed by atoms with Crippen LogP contribution in [-0.4, -0.2) is 43.1 Å². The molecule has 1 atom stereocenters. The molecule has 8 nitrogen and oxygen atoms in total. The Morgan fingerprint density at radius 2 is 1.44 bits per heavy atom. The van der Waals surface area contributed by atoms with Crippen LogP contribution in [0, 0.1) is 0 Å². The highest BCUT2D eigenvalue weighted by molar-refractivity contribution is 7.89. The number of carboxylic acids is 1. The summed E-state index contributed by atoms with van der Waals surface area (Å²) in [5, 5.41) is 22.0. The van der Waals surface area contributed by atoms with Crippen LogP contribution in [0.25, 0.3) is 11.1 Å². The van der Waals surface area contributed by atoms with Crippen molar-refractivity contribution in [2.24, 2.45) is 0 Å². The molecule has 0 heterocycles. The van der Waals surface area contributed by atoms with E-state index in [2.05, 4.69) is 10.0 Å². The normalized spacial score (nSPS) is 12.1. The fourth-order valence-corrected chi connectivity index (χ4v) is 4.53. The Morgan fingerprint density at radius 3 is 2.00 bits per heavy atom. The predicted molar refractivity (Wildman–Crippen MR) is 128 cm³/mol.